The smallest absolute Gasteiger partial charge is 0.251 e. The Kier molecular flexibility index (Phi) is 5.04. The Hall–Kier alpha value is -1.78. The number of sulfonamides is 1. The van der Waals surface area contributed by atoms with Crippen LogP contribution in [0.4, 0.5) is 5.13 Å². The van der Waals surface area contributed by atoms with Crippen LogP contribution in [-0.4, -0.2) is 35.4 Å². The number of amides is 1. The molecule has 2 aromatic rings. The van der Waals surface area contributed by atoms with E-state index in [0.717, 1.165) is 11.3 Å². The van der Waals surface area contributed by atoms with E-state index in [-0.39, 0.29) is 15.2 Å². The first kappa shape index (κ1) is 15.6. The molecule has 0 fully saturated rings. The van der Waals surface area contributed by atoms with E-state index >= 15 is 0 Å². The van der Waals surface area contributed by atoms with Crippen LogP contribution >= 0.6 is 11.3 Å². The normalized spacial score (nSPS) is 11.5. The number of nitrogens with one attached hydrogen (secondary N) is 2. The standard InChI is InChI=1S/C11H15N5O3S2/c1-9(17)15-11-13-7-10(20-11)21(18,19)14-3-2-5-16-6-4-12-8-16/h4,6-8,14H,2-3,5H2,1H3,(H,13,15,17). The second-order valence-electron chi connectivity index (χ2n) is 4.22. The fraction of sp³-hybridized carbons (Fsp3) is 0.364. The summed E-state index contributed by atoms with van der Waals surface area (Å²) in [6, 6.07) is 0. The SMILES string of the molecule is CC(=O)Nc1ncc(S(=O)(=O)NCCCn2ccnc2)s1. The Bertz CT molecular complexity index is 693. The highest BCUT2D eigenvalue weighted by Crippen LogP contribution is 2.22. The lowest BCUT2D eigenvalue weighted by Crippen LogP contribution is -2.24. The topological polar surface area (TPSA) is 106 Å². The second-order valence-corrected chi connectivity index (χ2v) is 7.24. The lowest BCUT2D eigenvalue weighted by molar-refractivity contribution is -0.114. The lowest BCUT2D eigenvalue weighted by atomic mass is 10.4. The molecule has 2 heterocycles. The highest BCUT2D eigenvalue weighted by molar-refractivity contribution is 7.91. The van der Waals surface area contributed by atoms with Crippen LogP contribution < -0.4 is 10.0 Å². The molecule has 0 bridgehead atoms. The number of hydrogen-bond donors (Lipinski definition) is 2. The maximum Gasteiger partial charge on any atom is 0.251 e. The van der Waals surface area contributed by atoms with Crippen molar-refractivity contribution in [3.63, 3.8) is 0 Å². The van der Waals surface area contributed by atoms with Crippen LogP contribution in [0.5, 0.6) is 0 Å². The first-order valence-electron chi connectivity index (χ1n) is 6.16. The monoisotopic (exact) mass is 329 g/mol. The van der Waals surface area contributed by atoms with Gasteiger partial charge < -0.3 is 9.88 Å². The first-order valence-corrected chi connectivity index (χ1v) is 8.46. The molecule has 1 amide bonds. The molecule has 0 unspecified atom stereocenters. The zero-order valence-electron chi connectivity index (χ0n) is 11.3. The van der Waals surface area contributed by atoms with Crippen LogP contribution in [0.1, 0.15) is 13.3 Å². The van der Waals surface area contributed by atoms with E-state index in [2.05, 4.69) is 20.0 Å². The predicted octanol–water partition coefficient (Wildman–Crippen LogP) is 0.667. The van der Waals surface area contributed by atoms with E-state index < -0.39 is 10.0 Å². The molecule has 0 atom stereocenters. The molecule has 114 valence electrons. The Morgan fingerprint density at radius 3 is 2.95 bits per heavy atom. The molecule has 2 N–H and O–H groups in total. The third kappa shape index (κ3) is 4.62. The third-order valence-electron chi connectivity index (χ3n) is 2.48. The minimum Gasteiger partial charge on any atom is -0.337 e. The minimum atomic E-state index is -3.59. The Morgan fingerprint density at radius 2 is 2.29 bits per heavy atom. The van der Waals surface area contributed by atoms with Crippen LogP contribution in [0.3, 0.4) is 0 Å². The quantitative estimate of drug-likeness (QED) is 0.726. The highest BCUT2D eigenvalue weighted by Gasteiger charge is 2.17. The number of aryl methyl sites for hydroxylation is 1. The van der Waals surface area contributed by atoms with E-state index in [9.17, 15) is 13.2 Å². The summed E-state index contributed by atoms with van der Waals surface area (Å²) in [5, 5.41) is 2.71. The Balaban J connectivity index is 1.86. The van der Waals surface area contributed by atoms with Gasteiger partial charge in [0.15, 0.2) is 9.34 Å². The maximum atomic E-state index is 12.0. The molecule has 0 spiro atoms. The van der Waals surface area contributed by atoms with Crippen molar-refractivity contribution >= 4 is 32.4 Å². The van der Waals surface area contributed by atoms with E-state index in [1.165, 1.54) is 13.1 Å². The van der Waals surface area contributed by atoms with Crippen molar-refractivity contribution in [1.82, 2.24) is 19.3 Å². The largest absolute Gasteiger partial charge is 0.337 e. The van der Waals surface area contributed by atoms with Gasteiger partial charge in [0.2, 0.25) is 5.91 Å². The average Bonchev–Trinajstić information content (AvgIpc) is 3.05. The van der Waals surface area contributed by atoms with Gasteiger partial charge in [-0.15, -0.1) is 0 Å². The van der Waals surface area contributed by atoms with Crippen LogP contribution in [0.2, 0.25) is 0 Å². The molecule has 8 nitrogen and oxygen atoms in total. The van der Waals surface area contributed by atoms with Crippen molar-refractivity contribution in [3.8, 4) is 0 Å². The number of rotatable bonds is 7. The summed E-state index contributed by atoms with van der Waals surface area (Å²) in [7, 11) is -3.59. The number of aromatic nitrogens is 3. The van der Waals surface area contributed by atoms with Gasteiger partial charge in [0.1, 0.15) is 0 Å². The van der Waals surface area contributed by atoms with Gasteiger partial charge in [-0.1, -0.05) is 11.3 Å². The molecule has 0 radical (unpaired) electrons. The van der Waals surface area contributed by atoms with Crippen LogP contribution in [-0.2, 0) is 21.4 Å². The van der Waals surface area contributed by atoms with Gasteiger partial charge in [-0.25, -0.2) is 23.1 Å². The van der Waals surface area contributed by atoms with E-state index in [0.29, 0.717) is 19.5 Å². The second kappa shape index (κ2) is 6.78. The zero-order chi connectivity index (χ0) is 15.3. The Labute approximate surface area is 126 Å². The molecular weight excluding hydrogens is 314 g/mol. The fourth-order valence-electron chi connectivity index (χ4n) is 1.55. The summed E-state index contributed by atoms with van der Waals surface area (Å²) in [6.07, 6.45) is 7.04. The van der Waals surface area contributed by atoms with E-state index in [1.807, 2.05) is 10.8 Å². The van der Waals surface area contributed by atoms with Crippen molar-refractivity contribution in [3.05, 3.63) is 24.9 Å². The van der Waals surface area contributed by atoms with Gasteiger partial charge in [0.25, 0.3) is 10.0 Å². The number of carbonyl (C=O) groups excluding carboxylic acids is 1. The van der Waals surface area contributed by atoms with Crippen molar-refractivity contribution in [2.24, 2.45) is 0 Å². The minimum absolute atomic E-state index is 0.0777. The molecular formula is C11H15N5O3S2. The van der Waals surface area contributed by atoms with E-state index in [4.69, 9.17) is 0 Å². The zero-order valence-corrected chi connectivity index (χ0v) is 12.9. The summed E-state index contributed by atoms with van der Waals surface area (Å²) in [4.78, 5) is 18.6. The van der Waals surface area contributed by atoms with Crippen molar-refractivity contribution in [1.29, 1.82) is 0 Å². The molecule has 0 saturated heterocycles. The highest BCUT2D eigenvalue weighted by atomic mass is 32.2. The number of nitrogens with zero attached hydrogens (tertiary/aromatic N) is 3. The molecule has 10 heteroatoms. The number of anilines is 1. The molecule has 2 aromatic heterocycles. The summed E-state index contributed by atoms with van der Waals surface area (Å²) in [5.74, 6) is -0.290. The van der Waals surface area contributed by atoms with Gasteiger partial charge in [0.05, 0.1) is 12.5 Å². The number of carbonyl (C=O) groups is 1. The summed E-state index contributed by atoms with van der Waals surface area (Å²) in [5.41, 5.74) is 0. The molecule has 2 rings (SSSR count). The van der Waals surface area contributed by atoms with Crippen LogP contribution in [0.15, 0.2) is 29.1 Å². The number of hydrogen-bond acceptors (Lipinski definition) is 6. The van der Waals surface area contributed by atoms with Gasteiger partial charge in [-0.05, 0) is 6.42 Å². The predicted molar refractivity (Wildman–Crippen MR) is 78.5 cm³/mol. The number of imidazole rings is 1. The fourth-order valence-corrected chi connectivity index (χ4v) is 3.75. The van der Waals surface area contributed by atoms with Crippen LogP contribution in [0, 0.1) is 0 Å². The van der Waals surface area contributed by atoms with Gasteiger partial charge in [-0.3, -0.25) is 4.79 Å². The van der Waals surface area contributed by atoms with Crippen molar-refractivity contribution < 1.29 is 13.2 Å². The number of thiazole rings is 1. The van der Waals surface area contributed by atoms with Crippen LogP contribution in [0.25, 0.3) is 0 Å². The lowest BCUT2D eigenvalue weighted by Gasteiger charge is -2.04. The summed E-state index contributed by atoms with van der Waals surface area (Å²) < 4.78 is 28.5. The summed E-state index contributed by atoms with van der Waals surface area (Å²) in [6.45, 7) is 2.33. The summed E-state index contributed by atoms with van der Waals surface area (Å²) >= 11 is 0.915. The maximum absolute atomic E-state index is 12.0. The van der Waals surface area contributed by atoms with E-state index in [1.54, 1.807) is 12.5 Å². The molecule has 0 saturated carbocycles. The van der Waals surface area contributed by atoms with Gasteiger partial charge >= 0.3 is 0 Å². The molecule has 0 aliphatic heterocycles. The molecule has 0 aliphatic carbocycles. The van der Waals surface area contributed by atoms with Crippen molar-refractivity contribution in [2.75, 3.05) is 11.9 Å². The Morgan fingerprint density at radius 1 is 1.48 bits per heavy atom. The third-order valence-corrected chi connectivity index (χ3v) is 5.31. The van der Waals surface area contributed by atoms with Gasteiger partial charge in [-0.2, -0.15) is 0 Å². The first-order chi connectivity index (χ1) is 9.97. The molecule has 0 aromatic carbocycles. The molecule has 0 aliphatic rings. The van der Waals surface area contributed by atoms with Crippen molar-refractivity contribution in [2.45, 2.75) is 24.1 Å². The molecule has 21 heavy (non-hydrogen) atoms. The average molecular weight is 329 g/mol. The van der Waals surface area contributed by atoms with Gasteiger partial charge in [0, 0.05) is 32.4 Å².